The van der Waals surface area contributed by atoms with E-state index in [1.165, 1.54) is 12.1 Å². The molecule has 0 saturated heterocycles. The van der Waals surface area contributed by atoms with Gasteiger partial charge in [0.2, 0.25) is 0 Å². The second kappa shape index (κ2) is 7.50. The van der Waals surface area contributed by atoms with Crippen LogP contribution in [0.3, 0.4) is 0 Å². The van der Waals surface area contributed by atoms with Gasteiger partial charge >= 0.3 is 0 Å². The molecule has 2 N–H and O–H groups in total. The van der Waals surface area contributed by atoms with E-state index in [0.717, 1.165) is 22.8 Å². The lowest BCUT2D eigenvalue weighted by Crippen LogP contribution is -2.04. The van der Waals surface area contributed by atoms with Crippen LogP contribution in [-0.2, 0) is 13.2 Å². The van der Waals surface area contributed by atoms with Crippen molar-refractivity contribution in [1.82, 2.24) is 9.97 Å². The third-order valence-electron chi connectivity index (χ3n) is 3.47. The Bertz CT molecular complexity index is 791. The number of benzene rings is 2. The van der Waals surface area contributed by atoms with Crippen LogP contribution in [0.4, 0.5) is 10.1 Å². The Kier molecular flexibility index (Phi) is 4.96. The second-order valence-electron chi connectivity index (χ2n) is 5.17. The summed E-state index contributed by atoms with van der Waals surface area (Å²) in [6.45, 7) is 0.889. The summed E-state index contributed by atoms with van der Waals surface area (Å²) in [5.41, 5.74) is 1.79. The van der Waals surface area contributed by atoms with Gasteiger partial charge in [-0.3, -0.25) is 0 Å². The van der Waals surface area contributed by atoms with Crippen LogP contribution in [-0.4, -0.2) is 17.1 Å². The molecule has 0 atom stereocenters. The molecule has 0 aliphatic carbocycles. The maximum atomic E-state index is 13.2. The molecule has 1 aromatic heterocycles. The lowest BCUT2D eigenvalue weighted by Gasteiger charge is -2.13. The fraction of sp³-hybridized carbons (Fsp3) is 0.167. The van der Waals surface area contributed by atoms with Crippen molar-refractivity contribution in [2.24, 2.45) is 0 Å². The van der Waals surface area contributed by atoms with Gasteiger partial charge in [-0.2, -0.15) is 0 Å². The van der Waals surface area contributed by atoms with E-state index in [1.54, 1.807) is 31.6 Å². The maximum absolute atomic E-state index is 13.2. The number of aromatic amines is 1. The zero-order valence-electron chi connectivity index (χ0n) is 13.3. The van der Waals surface area contributed by atoms with Crippen LogP contribution >= 0.6 is 0 Å². The van der Waals surface area contributed by atoms with Crippen molar-refractivity contribution in [1.29, 1.82) is 0 Å². The predicted octanol–water partition coefficient (Wildman–Crippen LogP) is 3.75. The van der Waals surface area contributed by atoms with Crippen molar-refractivity contribution < 1.29 is 13.9 Å². The quantitative estimate of drug-likeness (QED) is 0.694. The monoisotopic (exact) mass is 327 g/mol. The Morgan fingerprint density at radius 2 is 2.12 bits per heavy atom. The number of nitrogens with one attached hydrogen (secondary N) is 2. The maximum Gasteiger partial charge on any atom is 0.141 e. The van der Waals surface area contributed by atoms with Crippen LogP contribution in [0.1, 0.15) is 11.4 Å². The van der Waals surface area contributed by atoms with Crippen LogP contribution in [0.15, 0.2) is 54.9 Å². The SMILES string of the molecule is COc1ccc(COc2cccc(F)c2)cc1NCc1ncc[nH]1. The Labute approximate surface area is 139 Å². The van der Waals surface area contributed by atoms with Crippen molar-refractivity contribution in [3.05, 3.63) is 72.1 Å². The van der Waals surface area contributed by atoms with E-state index >= 15 is 0 Å². The lowest BCUT2D eigenvalue weighted by molar-refractivity contribution is 0.304. The van der Waals surface area contributed by atoms with Crippen LogP contribution in [0, 0.1) is 5.82 Å². The third-order valence-corrected chi connectivity index (χ3v) is 3.47. The first-order chi connectivity index (χ1) is 11.7. The zero-order valence-corrected chi connectivity index (χ0v) is 13.3. The van der Waals surface area contributed by atoms with Gasteiger partial charge in [-0.25, -0.2) is 9.37 Å². The predicted molar refractivity (Wildman–Crippen MR) is 89.6 cm³/mol. The first-order valence-electron chi connectivity index (χ1n) is 7.52. The Morgan fingerprint density at radius 1 is 1.21 bits per heavy atom. The van der Waals surface area contributed by atoms with E-state index in [2.05, 4.69) is 15.3 Å². The van der Waals surface area contributed by atoms with Crippen LogP contribution in [0.2, 0.25) is 0 Å². The van der Waals surface area contributed by atoms with Gasteiger partial charge < -0.3 is 19.8 Å². The number of nitrogens with zero attached hydrogens (tertiary/aromatic N) is 1. The summed E-state index contributed by atoms with van der Waals surface area (Å²) < 4.78 is 24.2. The second-order valence-corrected chi connectivity index (χ2v) is 5.17. The van der Waals surface area contributed by atoms with E-state index in [-0.39, 0.29) is 5.82 Å². The molecule has 0 radical (unpaired) electrons. The van der Waals surface area contributed by atoms with E-state index in [4.69, 9.17) is 9.47 Å². The van der Waals surface area contributed by atoms with Crippen molar-refractivity contribution in [3.63, 3.8) is 0 Å². The molecule has 0 amide bonds. The van der Waals surface area contributed by atoms with Gasteiger partial charge in [0.15, 0.2) is 0 Å². The number of imidazole rings is 1. The molecule has 0 fully saturated rings. The molecule has 0 aliphatic heterocycles. The largest absolute Gasteiger partial charge is 0.495 e. The standard InChI is InChI=1S/C18H18FN3O2/c1-23-17-6-5-13(12-24-15-4-2-3-14(19)10-15)9-16(17)22-11-18-20-7-8-21-18/h2-10,22H,11-12H2,1H3,(H,20,21). The molecule has 3 aromatic rings. The van der Waals surface area contributed by atoms with Gasteiger partial charge in [-0.1, -0.05) is 12.1 Å². The highest BCUT2D eigenvalue weighted by Gasteiger charge is 2.06. The number of hydrogen-bond acceptors (Lipinski definition) is 4. The summed E-state index contributed by atoms with van der Waals surface area (Å²) in [7, 11) is 1.62. The lowest BCUT2D eigenvalue weighted by atomic mass is 10.2. The molecule has 5 nitrogen and oxygen atoms in total. The molecule has 6 heteroatoms. The molecule has 0 aliphatic rings. The Balaban J connectivity index is 1.68. The molecule has 3 rings (SSSR count). The molecule has 0 bridgehead atoms. The normalized spacial score (nSPS) is 10.4. The number of ether oxygens (including phenoxy) is 2. The smallest absolute Gasteiger partial charge is 0.141 e. The molecular formula is C18H18FN3O2. The van der Waals surface area contributed by atoms with E-state index in [9.17, 15) is 4.39 Å². The number of rotatable bonds is 7. The number of anilines is 1. The summed E-state index contributed by atoms with van der Waals surface area (Å²) in [6, 6.07) is 11.8. The number of methoxy groups -OCH3 is 1. The van der Waals surface area contributed by atoms with Gasteiger partial charge in [0.25, 0.3) is 0 Å². The van der Waals surface area contributed by atoms with E-state index < -0.39 is 0 Å². The van der Waals surface area contributed by atoms with Gasteiger partial charge in [0, 0.05) is 18.5 Å². The first-order valence-corrected chi connectivity index (χ1v) is 7.52. The van der Waals surface area contributed by atoms with E-state index in [0.29, 0.717) is 18.9 Å². The molecule has 1 heterocycles. The number of hydrogen-bond donors (Lipinski definition) is 2. The highest BCUT2D eigenvalue weighted by Crippen LogP contribution is 2.26. The number of halogens is 1. The molecular weight excluding hydrogens is 309 g/mol. The van der Waals surface area contributed by atoms with Crippen LogP contribution < -0.4 is 14.8 Å². The highest BCUT2D eigenvalue weighted by molar-refractivity contribution is 5.58. The molecule has 2 aromatic carbocycles. The highest BCUT2D eigenvalue weighted by atomic mass is 19.1. The fourth-order valence-corrected chi connectivity index (χ4v) is 2.28. The van der Waals surface area contributed by atoms with Gasteiger partial charge in [-0.05, 0) is 29.8 Å². The Hall–Kier alpha value is -3.02. The number of H-pyrrole nitrogens is 1. The van der Waals surface area contributed by atoms with Crippen LogP contribution in [0.5, 0.6) is 11.5 Å². The fourth-order valence-electron chi connectivity index (χ4n) is 2.28. The first kappa shape index (κ1) is 15.9. The van der Waals surface area contributed by atoms with Gasteiger partial charge in [0.05, 0.1) is 19.3 Å². The van der Waals surface area contributed by atoms with Crippen molar-refractivity contribution in [2.45, 2.75) is 13.2 Å². The summed E-state index contributed by atoms with van der Waals surface area (Å²) in [5, 5.41) is 3.28. The average molecular weight is 327 g/mol. The van der Waals surface area contributed by atoms with Gasteiger partial charge in [0.1, 0.15) is 29.7 Å². The Morgan fingerprint density at radius 3 is 2.88 bits per heavy atom. The van der Waals surface area contributed by atoms with Crippen LogP contribution in [0.25, 0.3) is 0 Å². The molecule has 24 heavy (non-hydrogen) atoms. The summed E-state index contributed by atoms with van der Waals surface area (Å²) in [6.07, 6.45) is 3.48. The topological polar surface area (TPSA) is 59.2 Å². The summed E-state index contributed by atoms with van der Waals surface area (Å²) in [5.74, 6) is 1.74. The minimum absolute atomic E-state index is 0.317. The van der Waals surface area contributed by atoms with Crippen molar-refractivity contribution >= 4 is 5.69 Å². The zero-order chi connectivity index (χ0) is 16.8. The molecule has 0 spiro atoms. The molecule has 0 saturated carbocycles. The minimum atomic E-state index is -0.317. The molecule has 0 unspecified atom stereocenters. The third kappa shape index (κ3) is 4.04. The summed E-state index contributed by atoms with van der Waals surface area (Å²) in [4.78, 5) is 7.21. The number of aromatic nitrogens is 2. The van der Waals surface area contributed by atoms with Crippen molar-refractivity contribution in [2.75, 3.05) is 12.4 Å². The van der Waals surface area contributed by atoms with Crippen molar-refractivity contribution in [3.8, 4) is 11.5 Å². The van der Waals surface area contributed by atoms with Gasteiger partial charge in [-0.15, -0.1) is 0 Å². The minimum Gasteiger partial charge on any atom is -0.495 e. The summed E-state index contributed by atoms with van der Waals surface area (Å²) >= 11 is 0. The van der Waals surface area contributed by atoms with E-state index in [1.807, 2.05) is 18.2 Å². The average Bonchev–Trinajstić information content (AvgIpc) is 3.12. The molecule has 124 valence electrons.